The highest BCUT2D eigenvalue weighted by Gasteiger charge is 2.19. The average molecular weight is 1090 g/mol. The van der Waals surface area contributed by atoms with E-state index >= 15 is 0 Å². The third-order valence-corrected chi connectivity index (χ3v) is 14.9. The van der Waals surface area contributed by atoms with Gasteiger partial charge in [0.15, 0.2) is 6.10 Å². The average Bonchev–Trinajstić information content (AvgIpc) is 3.44. The fourth-order valence-corrected chi connectivity index (χ4v) is 9.88. The van der Waals surface area contributed by atoms with Crippen molar-refractivity contribution in [3.8, 4) is 0 Å². The molecule has 0 aromatic heterocycles. The van der Waals surface area contributed by atoms with Gasteiger partial charge in [-0.15, -0.1) is 0 Å². The zero-order valence-corrected chi connectivity index (χ0v) is 51.9. The maximum absolute atomic E-state index is 13.0. The first-order valence-electron chi connectivity index (χ1n) is 33.9. The van der Waals surface area contributed by atoms with E-state index in [1.54, 1.807) is 0 Å². The number of rotatable bonds is 62. The van der Waals surface area contributed by atoms with Crippen molar-refractivity contribution in [3.63, 3.8) is 0 Å². The van der Waals surface area contributed by atoms with E-state index in [1.165, 1.54) is 205 Å². The van der Waals surface area contributed by atoms with Crippen molar-refractivity contribution in [3.05, 3.63) is 72.9 Å². The van der Waals surface area contributed by atoms with Gasteiger partial charge in [-0.3, -0.25) is 14.4 Å². The Labute approximate surface area is 484 Å². The molecule has 0 fully saturated rings. The summed E-state index contributed by atoms with van der Waals surface area (Å²) in [5.74, 6) is -0.873. The molecule has 0 aromatic rings. The van der Waals surface area contributed by atoms with Crippen LogP contribution in [-0.2, 0) is 28.6 Å². The molecule has 6 heteroatoms. The Morgan fingerprint density at radius 3 is 0.795 bits per heavy atom. The Balaban J connectivity index is 4.37. The Hall–Kier alpha value is -3.15. The van der Waals surface area contributed by atoms with E-state index in [9.17, 15) is 14.4 Å². The van der Waals surface area contributed by atoms with Crippen LogP contribution < -0.4 is 0 Å². The lowest BCUT2D eigenvalue weighted by Crippen LogP contribution is -2.30. The SMILES string of the molecule is CC/C=C\C/C=C\C/C=C\C/C=C\CCCCCCCCCCC(=O)OCC(COC(=O)CCCCCCCCC/C=C\C/C=C\CCCCCC)OC(=O)CCCCCCCCCCCCCCCCCCCCCCC. The van der Waals surface area contributed by atoms with Gasteiger partial charge in [-0.05, 0) is 89.9 Å². The van der Waals surface area contributed by atoms with Crippen molar-refractivity contribution < 1.29 is 28.6 Å². The summed E-state index contributed by atoms with van der Waals surface area (Å²) in [5.41, 5.74) is 0. The Morgan fingerprint density at radius 2 is 0.500 bits per heavy atom. The lowest BCUT2D eigenvalue weighted by Gasteiger charge is -2.18. The molecule has 0 aromatic carbocycles. The molecule has 0 amide bonds. The number of carbonyl (C=O) groups excluding carboxylic acids is 3. The molecule has 0 saturated carbocycles. The van der Waals surface area contributed by atoms with Crippen LogP contribution in [0.4, 0.5) is 0 Å². The van der Waals surface area contributed by atoms with Gasteiger partial charge in [0.1, 0.15) is 13.2 Å². The van der Waals surface area contributed by atoms with Crippen molar-refractivity contribution in [2.45, 2.75) is 354 Å². The summed E-state index contributed by atoms with van der Waals surface area (Å²) in [6.45, 7) is 6.55. The Bertz CT molecular complexity index is 1440. The molecular weight excluding hydrogens is 961 g/mol. The van der Waals surface area contributed by atoms with Gasteiger partial charge in [0.05, 0.1) is 0 Å². The minimum absolute atomic E-state index is 0.0790. The monoisotopic (exact) mass is 1090 g/mol. The van der Waals surface area contributed by atoms with Crippen molar-refractivity contribution in [1.82, 2.24) is 0 Å². The number of allylic oxidation sites excluding steroid dienone is 12. The van der Waals surface area contributed by atoms with Crippen LogP contribution in [-0.4, -0.2) is 37.2 Å². The smallest absolute Gasteiger partial charge is 0.306 e. The quantitative estimate of drug-likeness (QED) is 0.0261. The third kappa shape index (κ3) is 63.7. The number of unbranched alkanes of at least 4 members (excludes halogenated alkanes) is 39. The van der Waals surface area contributed by atoms with Gasteiger partial charge in [0.25, 0.3) is 0 Å². The normalized spacial score (nSPS) is 12.5. The minimum atomic E-state index is -0.783. The molecule has 78 heavy (non-hydrogen) atoms. The Morgan fingerprint density at radius 1 is 0.269 bits per heavy atom. The molecule has 6 nitrogen and oxygen atoms in total. The molecular formula is C72H128O6. The van der Waals surface area contributed by atoms with Crippen LogP contribution in [0, 0.1) is 0 Å². The number of ether oxygens (including phenoxy) is 3. The number of hydrogen-bond acceptors (Lipinski definition) is 6. The summed E-state index contributed by atoms with van der Waals surface area (Å²) < 4.78 is 17.0. The highest BCUT2D eigenvalue weighted by Crippen LogP contribution is 2.18. The van der Waals surface area contributed by atoms with Crippen LogP contribution in [0.15, 0.2) is 72.9 Å². The van der Waals surface area contributed by atoms with Crippen molar-refractivity contribution in [1.29, 1.82) is 0 Å². The number of hydrogen-bond donors (Lipinski definition) is 0. The van der Waals surface area contributed by atoms with Crippen LogP contribution in [0.1, 0.15) is 348 Å². The highest BCUT2D eigenvalue weighted by molar-refractivity contribution is 5.71. The Kier molecular flexibility index (Phi) is 63.7. The zero-order valence-electron chi connectivity index (χ0n) is 51.9. The molecule has 0 aliphatic carbocycles. The highest BCUT2D eigenvalue weighted by atomic mass is 16.6. The summed E-state index contributed by atoms with van der Waals surface area (Å²) in [6.07, 6.45) is 86.2. The van der Waals surface area contributed by atoms with E-state index < -0.39 is 6.10 Å². The first kappa shape index (κ1) is 74.8. The predicted octanol–water partition coefficient (Wildman–Crippen LogP) is 23.3. The predicted molar refractivity (Wildman–Crippen MR) is 339 cm³/mol. The van der Waals surface area contributed by atoms with Crippen LogP contribution in [0.3, 0.4) is 0 Å². The molecule has 0 aliphatic heterocycles. The van der Waals surface area contributed by atoms with Crippen molar-refractivity contribution >= 4 is 17.9 Å². The zero-order chi connectivity index (χ0) is 56.4. The van der Waals surface area contributed by atoms with Gasteiger partial charge < -0.3 is 14.2 Å². The van der Waals surface area contributed by atoms with Gasteiger partial charge in [0.2, 0.25) is 0 Å². The second-order valence-electron chi connectivity index (χ2n) is 22.7. The summed E-state index contributed by atoms with van der Waals surface area (Å²) in [7, 11) is 0. The van der Waals surface area contributed by atoms with Crippen molar-refractivity contribution in [2.75, 3.05) is 13.2 Å². The molecule has 0 radical (unpaired) electrons. The van der Waals surface area contributed by atoms with Crippen LogP contribution in [0.2, 0.25) is 0 Å². The molecule has 0 N–H and O–H groups in total. The second-order valence-corrected chi connectivity index (χ2v) is 22.7. The molecule has 0 heterocycles. The molecule has 1 atom stereocenters. The molecule has 0 rings (SSSR count). The molecule has 0 spiro atoms. The number of carbonyl (C=O) groups is 3. The maximum Gasteiger partial charge on any atom is 0.306 e. The fourth-order valence-electron chi connectivity index (χ4n) is 9.88. The molecule has 1 unspecified atom stereocenters. The van der Waals surface area contributed by atoms with Crippen LogP contribution in [0.5, 0.6) is 0 Å². The summed E-state index contributed by atoms with van der Waals surface area (Å²) >= 11 is 0. The van der Waals surface area contributed by atoms with Gasteiger partial charge in [0, 0.05) is 19.3 Å². The van der Waals surface area contributed by atoms with E-state index in [1.807, 2.05) is 0 Å². The van der Waals surface area contributed by atoms with E-state index in [0.29, 0.717) is 19.3 Å². The number of esters is 3. The standard InChI is InChI=1S/C72H128O6/c1-4-7-10-13-16-19-22-25-28-31-34-36-38-41-44-47-50-53-56-59-62-65-71(74)77-68-69(67-76-70(73)64-61-58-55-52-49-46-43-40-33-30-27-24-21-18-15-12-9-6-3)78-72(75)66-63-60-57-54-51-48-45-42-39-37-35-32-29-26-23-20-17-14-11-8-5-2/h7,10,16,19,21,24-25,28,30,33-34,36,69H,4-6,8-9,11-15,17-18,20,22-23,26-27,29,31-32,35,37-68H2,1-3H3/b10-7-,19-16-,24-21-,28-25-,33-30-,36-34-. The van der Waals surface area contributed by atoms with Gasteiger partial charge in [-0.1, -0.05) is 312 Å². The van der Waals surface area contributed by atoms with E-state index in [4.69, 9.17) is 14.2 Å². The van der Waals surface area contributed by atoms with E-state index in [0.717, 1.165) is 103 Å². The van der Waals surface area contributed by atoms with Crippen LogP contribution in [0.25, 0.3) is 0 Å². The molecule has 0 saturated heterocycles. The molecule has 0 bridgehead atoms. The van der Waals surface area contributed by atoms with Gasteiger partial charge in [-0.2, -0.15) is 0 Å². The maximum atomic E-state index is 13.0. The van der Waals surface area contributed by atoms with E-state index in [2.05, 4.69) is 93.7 Å². The largest absolute Gasteiger partial charge is 0.462 e. The summed E-state index contributed by atoms with van der Waals surface area (Å²) in [5, 5.41) is 0. The first-order valence-corrected chi connectivity index (χ1v) is 33.9. The van der Waals surface area contributed by atoms with Crippen molar-refractivity contribution in [2.24, 2.45) is 0 Å². The first-order chi connectivity index (χ1) is 38.5. The fraction of sp³-hybridized carbons (Fsp3) is 0.792. The second kappa shape index (κ2) is 66.4. The van der Waals surface area contributed by atoms with E-state index in [-0.39, 0.29) is 31.1 Å². The summed E-state index contributed by atoms with van der Waals surface area (Å²) in [6, 6.07) is 0. The molecule has 452 valence electrons. The minimum Gasteiger partial charge on any atom is -0.462 e. The van der Waals surface area contributed by atoms with Gasteiger partial charge in [-0.25, -0.2) is 0 Å². The lowest BCUT2D eigenvalue weighted by atomic mass is 10.0. The lowest BCUT2D eigenvalue weighted by molar-refractivity contribution is -0.167. The molecule has 0 aliphatic rings. The summed E-state index contributed by atoms with van der Waals surface area (Å²) in [4.78, 5) is 38.4. The topological polar surface area (TPSA) is 78.9 Å². The third-order valence-electron chi connectivity index (χ3n) is 14.9. The van der Waals surface area contributed by atoms with Gasteiger partial charge >= 0.3 is 17.9 Å². The van der Waals surface area contributed by atoms with Crippen LogP contribution >= 0.6 is 0 Å².